The number of aromatic amines is 1. The third kappa shape index (κ3) is 2.83. The van der Waals surface area contributed by atoms with Crippen LogP contribution in [-0.4, -0.2) is 27.1 Å². The molecule has 0 aromatic carbocycles. The molecule has 1 aromatic heterocycles. The van der Waals surface area contributed by atoms with E-state index in [1.807, 2.05) is 0 Å². The van der Waals surface area contributed by atoms with Crippen molar-refractivity contribution in [2.45, 2.75) is 32.2 Å². The fourth-order valence-electron chi connectivity index (χ4n) is 2.20. The van der Waals surface area contributed by atoms with E-state index in [0.717, 1.165) is 6.42 Å². The second-order valence-corrected chi connectivity index (χ2v) is 4.41. The van der Waals surface area contributed by atoms with Gasteiger partial charge in [-0.2, -0.15) is 0 Å². The third-order valence-electron chi connectivity index (χ3n) is 2.99. The Bertz CT molecular complexity index is 483. The number of nitrogens with zero attached hydrogens (tertiary/aromatic N) is 1. The Kier molecular flexibility index (Phi) is 3.12. The SMILES string of the molecule is Cc1nc(NC2CCC(C(=O)O)C2)cc(=O)[nH]1. The van der Waals surface area contributed by atoms with Crippen LogP contribution in [0.1, 0.15) is 25.1 Å². The fraction of sp³-hybridized carbons (Fsp3) is 0.545. The minimum Gasteiger partial charge on any atom is -0.481 e. The van der Waals surface area contributed by atoms with E-state index in [4.69, 9.17) is 5.11 Å². The van der Waals surface area contributed by atoms with E-state index in [1.165, 1.54) is 6.07 Å². The van der Waals surface area contributed by atoms with Crippen LogP contribution >= 0.6 is 0 Å². The summed E-state index contributed by atoms with van der Waals surface area (Å²) in [4.78, 5) is 28.8. The molecule has 0 amide bonds. The number of rotatable bonds is 3. The highest BCUT2D eigenvalue weighted by atomic mass is 16.4. The van der Waals surface area contributed by atoms with Crippen molar-refractivity contribution in [2.75, 3.05) is 5.32 Å². The molecule has 0 saturated heterocycles. The fourth-order valence-corrected chi connectivity index (χ4v) is 2.20. The molecule has 3 N–H and O–H groups in total. The van der Waals surface area contributed by atoms with Gasteiger partial charge in [-0.15, -0.1) is 0 Å². The normalized spacial score (nSPS) is 23.6. The summed E-state index contributed by atoms with van der Waals surface area (Å²) in [5, 5.41) is 12.0. The summed E-state index contributed by atoms with van der Waals surface area (Å²) in [5.41, 5.74) is -0.201. The van der Waals surface area contributed by atoms with Crippen molar-refractivity contribution in [3.8, 4) is 0 Å². The zero-order chi connectivity index (χ0) is 12.4. The van der Waals surface area contributed by atoms with Crippen LogP contribution in [0.5, 0.6) is 0 Å². The van der Waals surface area contributed by atoms with Crippen LogP contribution in [0.15, 0.2) is 10.9 Å². The van der Waals surface area contributed by atoms with Crippen molar-refractivity contribution in [1.29, 1.82) is 0 Å². The van der Waals surface area contributed by atoms with Gasteiger partial charge in [-0.05, 0) is 26.2 Å². The Balaban J connectivity index is 2.02. The number of aromatic nitrogens is 2. The van der Waals surface area contributed by atoms with Crippen molar-refractivity contribution in [3.05, 3.63) is 22.2 Å². The minimum absolute atomic E-state index is 0.0878. The first-order chi connectivity index (χ1) is 8.04. The van der Waals surface area contributed by atoms with Gasteiger partial charge < -0.3 is 15.4 Å². The molecule has 1 heterocycles. The summed E-state index contributed by atoms with van der Waals surface area (Å²) in [7, 11) is 0. The summed E-state index contributed by atoms with van der Waals surface area (Å²) in [6.45, 7) is 1.71. The largest absolute Gasteiger partial charge is 0.481 e. The summed E-state index contributed by atoms with van der Waals surface area (Å²) in [5.74, 6) is 0.0370. The van der Waals surface area contributed by atoms with Crippen LogP contribution < -0.4 is 10.9 Å². The number of carbonyl (C=O) groups is 1. The molecule has 92 valence electrons. The first kappa shape index (κ1) is 11.6. The number of nitrogens with one attached hydrogen (secondary N) is 2. The van der Waals surface area contributed by atoms with Gasteiger partial charge in [0.2, 0.25) is 0 Å². The zero-order valence-corrected chi connectivity index (χ0v) is 9.56. The smallest absolute Gasteiger partial charge is 0.306 e. The molecule has 17 heavy (non-hydrogen) atoms. The Morgan fingerprint density at radius 3 is 2.94 bits per heavy atom. The van der Waals surface area contributed by atoms with E-state index < -0.39 is 5.97 Å². The molecule has 1 aliphatic carbocycles. The molecule has 2 unspecified atom stereocenters. The summed E-state index contributed by atoms with van der Waals surface area (Å²) < 4.78 is 0. The number of carboxylic acid groups (broad SMARTS) is 1. The van der Waals surface area contributed by atoms with Gasteiger partial charge in [0.05, 0.1) is 5.92 Å². The molecule has 1 fully saturated rings. The Morgan fingerprint density at radius 2 is 2.35 bits per heavy atom. The van der Waals surface area contributed by atoms with Crippen molar-refractivity contribution < 1.29 is 9.90 Å². The van der Waals surface area contributed by atoms with Crippen molar-refractivity contribution in [3.63, 3.8) is 0 Å². The van der Waals surface area contributed by atoms with Crippen LogP contribution in [0, 0.1) is 12.8 Å². The highest BCUT2D eigenvalue weighted by molar-refractivity contribution is 5.70. The summed E-state index contributed by atoms with van der Waals surface area (Å²) in [6.07, 6.45) is 2.06. The Morgan fingerprint density at radius 1 is 1.59 bits per heavy atom. The van der Waals surface area contributed by atoms with Crippen molar-refractivity contribution in [2.24, 2.45) is 5.92 Å². The number of carboxylic acids is 1. The number of anilines is 1. The molecule has 1 aromatic rings. The van der Waals surface area contributed by atoms with Crippen LogP contribution in [0.25, 0.3) is 0 Å². The van der Waals surface area contributed by atoms with Crippen LogP contribution in [0.3, 0.4) is 0 Å². The van der Waals surface area contributed by atoms with Gasteiger partial charge in [-0.3, -0.25) is 9.59 Å². The van der Waals surface area contributed by atoms with Gasteiger partial charge in [-0.25, -0.2) is 4.98 Å². The third-order valence-corrected chi connectivity index (χ3v) is 2.99. The maximum absolute atomic E-state index is 11.2. The summed E-state index contributed by atoms with van der Waals surface area (Å²) in [6, 6.07) is 1.48. The molecule has 0 aliphatic heterocycles. The topological polar surface area (TPSA) is 95.1 Å². The lowest BCUT2D eigenvalue weighted by molar-refractivity contribution is -0.141. The van der Waals surface area contributed by atoms with Gasteiger partial charge in [-0.1, -0.05) is 0 Å². The first-order valence-electron chi connectivity index (χ1n) is 5.62. The molecule has 1 aliphatic rings. The number of aliphatic carboxylic acids is 1. The van der Waals surface area contributed by atoms with Crippen molar-refractivity contribution in [1.82, 2.24) is 9.97 Å². The average Bonchev–Trinajstić information content (AvgIpc) is 2.64. The van der Waals surface area contributed by atoms with Crippen LogP contribution in [0.2, 0.25) is 0 Å². The van der Waals surface area contributed by atoms with E-state index in [2.05, 4.69) is 15.3 Å². The number of aryl methyl sites for hydroxylation is 1. The van der Waals surface area contributed by atoms with E-state index in [-0.39, 0.29) is 17.5 Å². The van der Waals surface area contributed by atoms with E-state index in [9.17, 15) is 9.59 Å². The van der Waals surface area contributed by atoms with Crippen molar-refractivity contribution >= 4 is 11.8 Å². The molecule has 2 rings (SSSR count). The van der Waals surface area contributed by atoms with Gasteiger partial charge >= 0.3 is 5.97 Å². The zero-order valence-electron chi connectivity index (χ0n) is 9.56. The lowest BCUT2D eigenvalue weighted by Gasteiger charge is -2.12. The monoisotopic (exact) mass is 237 g/mol. The second kappa shape index (κ2) is 4.57. The molecule has 2 atom stereocenters. The van der Waals surface area contributed by atoms with Crippen LogP contribution in [0.4, 0.5) is 5.82 Å². The molecule has 0 spiro atoms. The van der Waals surface area contributed by atoms with E-state index in [0.29, 0.717) is 24.5 Å². The molecular weight excluding hydrogens is 222 g/mol. The van der Waals surface area contributed by atoms with E-state index >= 15 is 0 Å². The molecule has 6 heteroatoms. The Hall–Kier alpha value is -1.85. The quantitative estimate of drug-likeness (QED) is 0.720. The second-order valence-electron chi connectivity index (χ2n) is 4.41. The predicted octanol–water partition coefficient (Wildman–Crippen LogP) is 0.744. The van der Waals surface area contributed by atoms with Gasteiger partial charge in [0.25, 0.3) is 5.56 Å². The molecule has 1 saturated carbocycles. The minimum atomic E-state index is -0.746. The molecule has 0 bridgehead atoms. The summed E-state index contributed by atoms with van der Waals surface area (Å²) >= 11 is 0. The molecular formula is C11H15N3O3. The lowest BCUT2D eigenvalue weighted by atomic mass is 10.1. The maximum Gasteiger partial charge on any atom is 0.306 e. The van der Waals surface area contributed by atoms with Crippen LogP contribution in [-0.2, 0) is 4.79 Å². The number of H-pyrrole nitrogens is 1. The standard InChI is InChI=1S/C11H15N3O3/c1-6-12-9(5-10(15)13-6)14-8-3-2-7(4-8)11(16)17/h5,7-8H,2-4H2,1H3,(H,16,17)(H2,12,13,14,15). The highest BCUT2D eigenvalue weighted by Gasteiger charge is 2.29. The van der Waals surface area contributed by atoms with E-state index in [1.54, 1.807) is 6.92 Å². The van der Waals surface area contributed by atoms with Gasteiger partial charge in [0, 0.05) is 12.1 Å². The highest BCUT2D eigenvalue weighted by Crippen LogP contribution is 2.27. The first-order valence-corrected chi connectivity index (χ1v) is 5.62. The number of hydrogen-bond donors (Lipinski definition) is 3. The van der Waals surface area contributed by atoms with Gasteiger partial charge in [0.15, 0.2) is 0 Å². The predicted molar refractivity (Wildman–Crippen MR) is 62.0 cm³/mol. The lowest BCUT2D eigenvalue weighted by Crippen LogP contribution is -2.20. The molecule has 0 radical (unpaired) electrons. The maximum atomic E-state index is 11.2. The number of hydrogen-bond acceptors (Lipinski definition) is 4. The van der Waals surface area contributed by atoms with Gasteiger partial charge in [0.1, 0.15) is 11.6 Å². The average molecular weight is 237 g/mol. The Labute approximate surface area is 98.1 Å². The molecule has 6 nitrogen and oxygen atoms in total.